The van der Waals surface area contributed by atoms with Crippen LogP contribution in [0.2, 0.25) is 0 Å². The Hall–Kier alpha value is -3.54. The zero-order valence-electron chi connectivity index (χ0n) is 19.6. The number of nitrogens with zero attached hydrogens (tertiary/aromatic N) is 3. The van der Waals surface area contributed by atoms with Crippen LogP contribution in [0.5, 0.6) is 0 Å². The highest BCUT2D eigenvalue weighted by Crippen LogP contribution is 2.36. The van der Waals surface area contributed by atoms with E-state index < -0.39 is 4.65 Å². The van der Waals surface area contributed by atoms with Gasteiger partial charge < -0.3 is 14.8 Å². The smallest absolute Gasteiger partial charge is 0.255 e. The molecule has 0 bridgehead atoms. The third-order valence-corrected chi connectivity index (χ3v) is 6.24. The van der Waals surface area contributed by atoms with E-state index >= 15 is 0 Å². The quantitative estimate of drug-likeness (QED) is 0.264. The van der Waals surface area contributed by atoms with Crippen molar-refractivity contribution in [1.29, 1.82) is 0 Å². The van der Waals surface area contributed by atoms with Crippen LogP contribution in [0.15, 0.2) is 84.9 Å². The summed E-state index contributed by atoms with van der Waals surface area (Å²) in [6.07, 6.45) is 2.01. The molecule has 5 heteroatoms. The summed E-state index contributed by atoms with van der Waals surface area (Å²) in [5, 5.41) is 13.8. The van der Waals surface area contributed by atoms with Gasteiger partial charge in [-0.25, -0.2) is 4.98 Å². The lowest BCUT2D eigenvalue weighted by atomic mass is 9.95. The number of hydrogen-bond donors (Lipinski definition) is 0. The number of quaternary nitrogens is 1. The lowest BCUT2D eigenvalue weighted by Crippen LogP contribution is -2.36. The van der Waals surface area contributed by atoms with Gasteiger partial charge in [0.25, 0.3) is 5.91 Å². The normalized spacial score (nSPS) is 13.7. The Kier molecular flexibility index (Phi) is 5.90. The molecule has 34 heavy (non-hydrogen) atoms. The van der Waals surface area contributed by atoms with Crippen molar-refractivity contribution in [2.45, 2.75) is 32.0 Å². The fourth-order valence-electron chi connectivity index (χ4n) is 4.54. The van der Waals surface area contributed by atoms with Gasteiger partial charge in [0, 0.05) is 29.1 Å². The van der Waals surface area contributed by atoms with Crippen LogP contribution in [-0.2, 0) is 13.1 Å². The second-order valence-corrected chi connectivity index (χ2v) is 9.58. The maximum Gasteiger partial charge on any atom is 0.255 e. The van der Waals surface area contributed by atoms with Crippen molar-refractivity contribution in [3.8, 4) is 11.3 Å². The van der Waals surface area contributed by atoms with E-state index in [4.69, 9.17) is 4.98 Å². The minimum absolute atomic E-state index is 0.0226. The van der Waals surface area contributed by atoms with E-state index in [-0.39, 0.29) is 18.5 Å². The Labute approximate surface area is 200 Å². The molecule has 172 valence electrons. The molecule has 1 saturated carbocycles. The van der Waals surface area contributed by atoms with Crippen LogP contribution < -0.4 is 0 Å². The zero-order valence-corrected chi connectivity index (χ0v) is 19.6. The van der Waals surface area contributed by atoms with Crippen molar-refractivity contribution < 1.29 is 9.44 Å². The molecule has 0 N–H and O–H groups in total. The third kappa shape index (κ3) is 4.72. The molecule has 0 radical (unpaired) electrons. The molecule has 1 aliphatic carbocycles. The maximum atomic E-state index is 14.3. The predicted molar refractivity (Wildman–Crippen MR) is 136 cm³/mol. The Morgan fingerprint density at radius 2 is 1.56 bits per heavy atom. The number of benzene rings is 3. The SMILES string of the molecule is C[N+](C)([O-])Cc1c(-c2ccccc2)nc2ccccc2c1C(=O)N(Cc1ccccc1)C1CC1. The molecule has 0 spiro atoms. The number of carbonyl (C=O) groups excluding carboxylic acids is 1. The molecule has 5 nitrogen and oxygen atoms in total. The third-order valence-electron chi connectivity index (χ3n) is 6.24. The first-order chi connectivity index (χ1) is 16.4. The highest BCUT2D eigenvalue weighted by Gasteiger charge is 2.36. The van der Waals surface area contributed by atoms with E-state index in [2.05, 4.69) is 12.1 Å². The molecule has 1 fully saturated rings. The average Bonchev–Trinajstić information content (AvgIpc) is 3.67. The van der Waals surface area contributed by atoms with Crippen molar-refractivity contribution in [1.82, 2.24) is 9.88 Å². The summed E-state index contributed by atoms with van der Waals surface area (Å²) in [6, 6.07) is 27.9. The van der Waals surface area contributed by atoms with Gasteiger partial charge in [-0.3, -0.25) is 4.79 Å². The van der Waals surface area contributed by atoms with Crippen molar-refractivity contribution in [3.05, 3.63) is 107 Å². The van der Waals surface area contributed by atoms with Gasteiger partial charge in [0.15, 0.2) is 0 Å². The fourth-order valence-corrected chi connectivity index (χ4v) is 4.54. The molecule has 0 atom stereocenters. The summed E-state index contributed by atoms with van der Waals surface area (Å²) < 4.78 is -0.539. The highest BCUT2D eigenvalue weighted by atomic mass is 16.5. The number of para-hydroxylation sites is 1. The molecule has 1 aromatic heterocycles. The second-order valence-electron chi connectivity index (χ2n) is 9.58. The molecule has 4 aromatic rings. The van der Waals surface area contributed by atoms with Gasteiger partial charge in [-0.05, 0) is 24.5 Å². The molecule has 5 rings (SSSR count). The van der Waals surface area contributed by atoms with Crippen LogP contribution in [0.1, 0.15) is 34.3 Å². The van der Waals surface area contributed by atoms with Gasteiger partial charge in [-0.1, -0.05) is 78.9 Å². The monoisotopic (exact) mass is 451 g/mol. The van der Waals surface area contributed by atoms with Gasteiger partial charge in [0.1, 0.15) is 6.54 Å². The van der Waals surface area contributed by atoms with Crippen LogP contribution in [0.3, 0.4) is 0 Å². The minimum Gasteiger partial charge on any atom is -0.633 e. The number of aromatic nitrogens is 1. The number of hydrogen-bond acceptors (Lipinski definition) is 3. The first-order valence-corrected chi connectivity index (χ1v) is 11.8. The summed E-state index contributed by atoms with van der Waals surface area (Å²) in [5.41, 5.74) is 4.81. The maximum absolute atomic E-state index is 14.3. The summed E-state index contributed by atoms with van der Waals surface area (Å²) in [5.74, 6) is -0.0226. The molecular formula is C29H29N3O2. The molecular weight excluding hydrogens is 422 g/mol. The van der Waals surface area contributed by atoms with E-state index in [0.717, 1.165) is 34.9 Å². The first kappa shape index (κ1) is 22.3. The van der Waals surface area contributed by atoms with E-state index in [1.807, 2.05) is 77.7 Å². The number of rotatable bonds is 7. The van der Waals surface area contributed by atoms with Crippen molar-refractivity contribution >= 4 is 16.8 Å². The van der Waals surface area contributed by atoms with E-state index in [1.54, 1.807) is 14.1 Å². The Balaban J connectivity index is 1.72. The number of carbonyl (C=O) groups is 1. The number of hydroxylamine groups is 3. The lowest BCUT2D eigenvalue weighted by molar-refractivity contribution is -0.853. The average molecular weight is 452 g/mol. The first-order valence-electron chi connectivity index (χ1n) is 11.8. The second kappa shape index (κ2) is 9.01. The van der Waals surface area contributed by atoms with Gasteiger partial charge >= 0.3 is 0 Å². The summed E-state index contributed by atoms with van der Waals surface area (Å²) in [4.78, 5) is 21.3. The molecule has 1 heterocycles. The Bertz CT molecular complexity index is 1310. The summed E-state index contributed by atoms with van der Waals surface area (Å²) >= 11 is 0. The molecule has 0 saturated heterocycles. The highest BCUT2D eigenvalue weighted by molar-refractivity contribution is 6.09. The van der Waals surface area contributed by atoms with Gasteiger partial charge in [-0.2, -0.15) is 0 Å². The fraction of sp³-hybridized carbons (Fsp3) is 0.241. The molecule has 1 amide bonds. The van der Waals surface area contributed by atoms with Crippen molar-refractivity contribution in [3.63, 3.8) is 0 Å². The largest absolute Gasteiger partial charge is 0.633 e. The standard InChI is InChI=1S/C29H29N3O2/c1-32(2,34)20-25-27(29(33)31(23-17-18-23)19-21-11-5-3-6-12-21)24-15-9-10-16-26(24)30-28(25)22-13-7-4-8-14-22/h3-16,23H,17-20H2,1-2H3. The van der Waals surface area contributed by atoms with Crippen molar-refractivity contribution in [2.75, 3.05) is 14.1 Å². The molecule has 3 aromatic carbocycles. The lowest BCUT2D eigenvalue weighted by Gasteiger charge is -2.35. The molecule has 1 aliphatic rings. The Morgan fingerprint density at radius 1 is 0.941 bits per heavy atom. The Morgan fingerprint density at radius 3 is 2.21 bits per heavy atom. The van der Waals surface area contributed by atoms with Crippen LogP contribution in [0.25, 0.3) is 22.2 Å². The number of fused-ring (bicyclic) bond motifs is 1. The van der Waals surface area contributed by atoms with E-state index in [1.165, 1.54) is 0 Å². The van der Waals surface area contributed by atoms with Gasteiger partial charge in [0.05, 0.1) is 30.9 Å². The number of amides is 1. The van der Waals surface area contributed by atoms with E-state index in [0.29, 0.717) is 23.4 Å². The van der Waals surface area contributed by atoms with Crippen LogP contribution in [0, 0.1) is 5.21 Å². The van der Waals surface area contributed by atoms with E-state index in [9.17, 15) is 10.0 Å². The molecule has 0 aliphatic heterocycles. The molecule has 0 unspecified atom stereocenters. The van der Waals surface area contributed by atoms with Gasteiger partial charge in [0.2, 0.25) is 0 Å². The van der Waals surface area contributed by atoms with Gasteiger partial charge in [-0.15, -0.1) is 0 Å². The summed E-state index contributed by atoms with van der Waals surface area (Å²) in [6.45, 7) is 0.712. The van der Waals surface area contributed by atoms with Crippen LogP contribution in [0.4, 0.5) is 0 Å². The predicted octanol–water partition coefficient (Wildman–Crippen LogP) is 5.78. The summed E-state index contributed by atoms with van der Waals surface area (Å²) in [7, 11) is 3.22. The topological polar surface area (TPSA) is 56.3 Å². The van der Waals surface area contributed by atoms with Crippen LogP contribution in [-0.4, -0.2) is 40.6 Å². The van der Waals surface area contributed by atoms with Crippen LogP contribution >= 0.6 is 0 Å². The zero-order chi connectivity index (χ0) is 23.7. The number of pyridine rings is 1. The minimum atomic E-state index is -0.539. The van der Waals surface area contributed by atoms with Crippen molar-refractivity contribution in [2.24, 2.45) is 0 Å².